The molecule has 1 atom stereocenters. The molecule has 3 heterocycles. The van der Waals surface area contributed by atoms with E-state index < -0.39 is 0 Å². The SMILES string of the molecule is Cc1ccnc(NC(c2ccc(Cl)cc2)c2cc(C)sc2NC(=O)c2ccco2)c1. The van der Waals surface area contributed by atoms with E-state index in [1.807, 2.05) is 50.2 Å². The van der Waals surface area contributed by atoms with Crippen LogP contribution in [-0.2, 0) is 0 Å². The van der Waals surface area contributed by atoms with Gasteiger partial charge in [0, 0.05) is 21.7 Å². The van der Waals surface area contributed by atoms with Crippen LogP contribution in [-0.4, -0.2) is 10.9 Å². The summed E-state index contributed by atoms with van der Waals surface area (Å²) in [4.78, 5) is 18.1. The molecule has 0 aliphatic heterocycles. The number of halogens is 1. The van der Waals surface area contributed by atoms with Crippen LogP contribution in [0.15, 0.2) is 71.5 Å². The van der Waals surface area contributed by atoms with Gasteiger partial charge in [-0.3, -0.25) is 4.79 Å². The number of aromatic nitrogens is 1. The molecule has 4 rings (SSSR count). The summed E-state index contributed by atoms with van der Waals surface area (Å²) in [7, 11) is 0. The number of nitrogens with one attached hydrogen (secondary N) is 2. The number of aryl methyl sites for hydroxylation is 2. The number of carbonyl (C=O) groups excluding carboxylic acids is 1. The lowest BCUT2D eigenvalue weighted by Crippen LogP contribution is -2.17. The van der Waals surface area contributed by atoms with Gasteiger partial charge in [-0.05, 0) is 67.4 Å². The number of hydrogen-bond acceptors (Lipinski definition) is 5. The Labute approximate surface area is 183 Å². The third kappa shape index (κ3) is 4.56. The van der Waals surface area contributed by atoms with Crippen LogP contribution in [0.4, 0.5) is 10.8 Å². The van der Waals surface area contributed by atoms with Crippen LogP contribution in [0.25, 0.3) is 0 Å². The van der Waals surface area contributed by atoms with Gasteiger partial charge in [-0.1, -0.05) is 23.7 Å². The number of benzene rings is 1. The van der Waals surface area contributed by atoms with E-state index in [1.165, 1.54) is 17.6 Å². The molecule has 0 aliphatic rings. The van der Waals surface area contributed by atoms with Crippen molar-refractivity contribution in [1.29, 1.82) is 0 Å². The highest BCUT2D eigenvalue weighted by Gasteiger charge is 2.23. The predicted molar refractivity (Wildman–Crippen MR) is 122 cm³/mol. The second-order valence-electron chi connectivity index (χ2n) is 6.92. The molecule has 0 bridgehead atoms. The van der Waals surface area contributed by atoms with Gasteiger partial charge in [0.15, 0.2) is 5.76 Å². The third-order valence-electron chi connectivity index (χ3n) is 4.58. The second kappa shape index (κ2) is 8.73. The van der Waals surface area contributed by atoms with E-state index in [4.69, 9.17) is 16.0 Å². The fourth-order valence-corrected chi connectivity index (χ4v) is 4.25. The number of pyridine rings is 1. The van der Waals surface area contributed by atoms with Gasteiger partial charge < -0.3 is 15.1 Å². The lowest BCUT2D eigenvalue weighted by molar-refractivity contribution is 0.0997. The first-order valence-electron chi connectivity index (χ1n) is 9.39. The van der Waals surface area contributed by atoms with Crippen LogP contribution in [0, 0.1) is 13.8 Å². The molecule has 1 amide bonds. The summed E-state index contributed by atoms with van der Waals surface area (Å²) in [5.41, 5.74) is 3.06. The molecule has 0 radical (unpaired) electrons. The molecule has 5 nitrogen and oxygen atoms in total. The van der Waals surface area contributed by atoms with E-state index in [-0.39, 0.29) is 17.7 Å². The maximum absolute atomic E-state index is 12.6. The van der Waals surface area contributed by atoms with Crippen molar-refractivity contribution in [3.63, 3.8) is 0 Å². The molecule has 3 aromatic heterocycles. The number of amides is 1. The minimum Gasteiger partial charge on any atom is -0.459 e. The van der Waals surface area contributed by atoms with E-state index in [2.05, 4.69) is 21.7 Å². The molecule has 0 fully saturated rings. The standard InChI is InChI=1S/C23H20ClN3O2S/c1-14-9-10-25-20(12-14)26-21(16-5-7-17(24)8-6-16)18-13-15(2)30-23(18)27-22(28)19-4-3-11-29-19/h3-13,21H,1-2H3,(H,25,26)(H,27,28). The molecule has 0 saturated carbocycles. The summed E-state index contributed by atoms with van der Waals surface area (Å²) in [6.45, 7) is 4.04. The Bertz CT molecular complexity index is 1150. The summed E-state index contributed by atoms with van der Waals surface area (Å²) in [6.07, 6.45) is 3.26. The number of anilines is 2. The van der Waals surface area contributed by atoms with Crippen molar-refractivity contribution in [1.82, 2.24) is 4.98 Å². The summed E-state index contributed by atoms with van der Waals surface area (Å²) in [5.74, 6) is 0.733. The van der Waals surface area contributed by atoms with Crippen LogP contribution in [0.2, 0.25) is 5.02 Å². The van der Waals surface area contributed by atoms with Crippen LogP contribution in [0.1, 0.15) is 38.2 Å². The molecule has 2 N–H and O–H groups in total. The average Bonchev–Trinajstić information content (AvgIpc) is 3.37. The van der Waals surface area contributed by atoms with Crippen LogP contribution < -0.4 is 10.6 Å². The Morgan fingerprint density at radius 3 is 2.63 bits per heavy atom. The lowest BCUT2D eigenvalue weighted by atomic mass is 10.00. The Kier molecular flexibility index (Phi) is 5.88. The van der Waals surface area contributed by atoms with Crippen molar-refractivity contribution >= 4 is 39.7 Å². The van der Waals surface area contributed by atoms with E-state index in [9.17, 15) is 4.79 Å². The molecule has 0 aliphatic carbocycles. The van der Waals surface area contributed by atoms with Crippen molar-refractivity contribution in [2.45, 2.75) is 19.9 Å². The molecule has 30 heavy (non-hydrogen) atoms. The Hall–Kier alpha value is -3.09. The normalized spacial score (nSPS) is 11.8. The fraction of sp³-hybridized carbons (Fsp3) is 0.130. The molecule has 1 aromatic carbocycles. The zero-order valence-electron chi connectivity index (χ0n) is 16.5. The highest BCUT2D eigenvalue weighted by atomic mass is 35.5. The molecule has 4 aromatic rings. The number of rotatable bonds is 6. The second-order valence-corrected chi connectivity index (χ2v) is 8.61. The number of nitrogens with zero attached hydrogens (tertiary/aromatic N) is 1. The van der Waals surface area contributed by atoms with Crippen LogP contribution >= 0.6 is 22.9 Å². The summed E-state index contributed by atoms with van der Waals surface area (Å²) in [6, 6.07) is 16.8. The van der Waals surface area contributed by atoms with Crippen LogP contribution in [0.5, 0.6) is 0 Å². The molecule has 0 saturated heterocycles. The molecular formula is C23H20ClN3O2S. The Morgan fingerprint density at radius 2 is 1.93 bits per heavy atom. The molecule has 152 valence electrons. The van der Waals surface area contributed by atoms with E-state index in [0.717, 1.165) is 32.4 Å². The highest BCUT2D eigenvalue weighted by molar-refractivity contribution is 7.16. The van der Waals surface area contributed by atoms with E-state index >= 15 is 0 Å². The molecule has 7 heteroatoms. The quantitative estimate of drug-likeness (QED) is 0.363. The van der Waals surface area contributed by atoms with Gasteiger partial charge in [0.25, 0.3) is 5.91 Å². The highest BCUT2D eigenvalue weighted by Crippen LogP contribution is 2.38. The van der Waals surface area contributed by atoms with Gasteiger partial charge in [-0.2, -0.15) is 0 Å². The van der Waals surface area contributed by atoms with Gasteiger partial charge in [0.1, 0.15) is 10.8 Å². The number of carbonyl (C=O) groups is 1. The maximum atomic E-state index is 12.6. The van der Waals surface area contributed by atoms with Gasteiger partial charge in [-0.15, -0.1) is 11.3 Å². The largest absolute Gasteiger partial charge is 0.459 e. The van der Waals surface area contributed by atoms with E-state index in [0.29, 0.717) is 5.02 Å². The monoisotopic (exact) mass is 437 g/mol. The third-order valence-corrected chi connectivity index (χ3v) is 5.81. The zero-order valence-corrected chi connectivity index (χ0v) is 18.1. The first kappa shape index (κ1) is 20.2. The smallest absolute Gasteiger partial charge is 0.291 e. The fourth-order valence-electron chi connectivity index (χ4n) is 3.18. The van der Waals surface area contributed by atoms with Crippen molar-refractivity contribution in [3.05, 3.63) is 99.4 Å². The lowest BCUT2D eigenvalue weighted by Gasteiger charge is -2.21. The Morgan fingerprint density at radius 1 is 1.13 bits per heavy atom. The average molecular weight is 438 g/mol. The van der Waals surface area contributed by atoms with Crippen LogP contribution in [0.3, 0.4) is 0 Å². The van der Waals surface area contributed by atoms with Gasteiger partial charge >= 0.3 is 0 Å². The number of hydrogen-bond donors (Lipinski definition) is 2. The minimum absolute atomic E-state index is 0.228. The minimum atomic E-state index is -0.286. The summed E-state index contributed by atoms with van der Waals surface area (Å²) < 4.78 is 5.23. The maximum Gasteiger partial charge on any atom is 0.291 e. The van der Waals surface area contributed by atoms with Gasteiger partial charge in [-0.25, -0.2) is 4.98 Å². The first-order valence-corrected chi connectivity index (χ1v) is 10.6. The topological polar surface area (TPSA) is 67.2 Å². The van der Waals surface area contributed by atoms with Crippen molar-refractivity contribution in [3.8, 4) is 0 Å². The number of thiophene rings is 1. The summed E-state index contributed by atoms with van der Waals surface area (Å²) >= 11 is 7.63. The Balaban J connectivity index is 1.73. The van der Waals surface area contributed by atoms with Gasteiger partial charge in [0.2, 0.25) is 0 Å². The molecule has 0 spiro atoms. The number of furan rings is 1. The first-order chi connectivity index (χ1) is 14.5. The van der Waals surface area contributed by atoms with Gasteiger partial charge in [0.05, 0.1) is 12.3 Å². The van der Waals surface area contributed by atoms with Crippen molar-refractivity contribution < 1.29 is 9.21 Å². The van der Waals surface area contributed by atoms with E-state index in [1.54, 1.807) is 18.3 Å². The summed E-state index contributed by atoms with van der Waals surface area (Å²) in [5, 5.41) is 7.93. The van der Waals surface area contributed by atoms with Crippen molar-refractivity contribution in [2.24, 2.45) is 0 Å². The van der Waals surface area contributed by atoms with Crippen molar-refractivity contribution in [2.75, 3.05) is 10.6 Å². The molecule has 1 unspecified atom stereocenters. The molecular weight excluding hydrogens is 418 g/mol. The predicted octanol–water partition coefficient (Wildman–Crippen LogP) is 6.46. The zero-order chi connectivity index (χ0) is 21.1.